The van der Waals surface area contributed by atoms with E-state index in [1.165, 1.54) is 0 Å². The number of nitrogens with zero attached hydrogens (tertiary/aromatic N) is 1. The molecule has 4 unspecified atom stereocenters. The van der Waals surface area contributed by atoms with Gasteiger partial charge in [0, 0.05) is 13.1 Å². The van der Waals surface area contributed by atoms with Gasteiger partial charge in [0.2, 0.25) is 11.9 Å². The third kappa shape index (κ3) is 7.30. The van der Waals surface area contributed by atoms with Gasteiger partial charge in [-0.2, -0.15) is 13.6 Å². The molecule has 8 N–H and O–H groups in total. The summed E-state index contributed by atoms with van der Waals surface area (Å²) < 4.78 is 50.0. The fraction of sp³-hybridized carbons (Fsp3) is 0.364. The molecule has 2 rings (SSSR count). The first-order valence-corrected chi connectivity index (χ1v) is 12.5. The van der Waals surface area contributed by atoms with Gasteiger partial charge in [-0.15, -0.1) is 0 Å². The Morgan fingerprint density at radius 2 is 1.84 bits per heavy atom. The molecule has 0 bridgehead atoms. The second kappa shape index (κ2) is 9.51. The monoisotopic (exact) mass is 523 g/mol. The lowest BCUT2D eigenvalue weighted by molar-refractivity contribution is -0.114. The Labute approximate surface area is 176 Å². The lowest BCUT2D eigenvalue weighted by atomic mass is 10.2. The number of aromatic amines is 1. The summed E-state index contributed by atoms with van der Waals surface area (Å²) >= 11 is 0. The zero-order valence-corrected chi connectivity index (χ0v) is 18.3. The van der Waals surface area contributed by atoms with Gasteiger partial charge in [-0.3, -0.25) is 19.4 Å². The number of aliphatic hydroxyl groups is 2. The lowest BCUT2D eigenvalue weighted by Gasteiger charge is -2.19. The number of aliphatic hydroxyl groups excluding tert-OH is 2. The van der Waals surface area contributed by atoms with E-state index in [2.05, 4.69) is 28.4 Å². The van der Waals surface area contributed by atoms with Crippen molar-refractivity contribution in [2.75, 3.05) is 11.9 Å². The van der Waals surface area contributed by atoms with Crippen LogP contribution in [0, 0.1) is 0 Å². The molecule has 32 heavy (non-hydrogen) atoms. The molecule has 1 aliphatic rings. The zero-order chi connectivity index (χ0) is 24.5. The summed E-state index contributed by atoms with van der Waals surface area (Å²) in [7, 11) is -16.8. The molecule has 180 valence electrons. The summed E-state index contributed by atoms with van der Waals surface area (Å²) in [5.74, 6) is -2.26. The maximum atomic E-state index is 12.1. The molecule has 0 spiro atoms. The molecule has 0 saturated carbocycles. The summed E-state index contributed by atoms with van der Waals surface area (Å²) in [6.45, 7) is 0.0641. The van der Waals surface area contributed by atoms with Crippen LogP contribution in [0.3, 0.4) is 0 Å². The minimum absolute atomic E-state index is 0.228. The molecular weight excluding hydrogens is 507 g/mol. The van der Waals surface area contributed by atoms with E-state index in [9.17, 15) is 38.4 Å². The van der Waals surface area contributed by atoms with Gasteiger partial charge >= 0.3 is 23.5 Å². The summed E-state index contributed by atoms with van der Waals surface area (Å²) in [5.41, 5.74) is -1.41. The third-order valence-electron chi connectivity index (χ3n) is 3.29. The number of amides is 1. The Kier molecular flexibility index (Phi) is 7.82. The van der Waals surface area contributed by atoms with E-state index in [-0.39, 0.29) is 5.95 Å². The molecule has 4 atom stereocenters. The molecular formula is C11H16N3O15P3. The third-order valence-corrected chi connectivity index (χ3v) is 7.09. The summed E-state index contributed by atoms with van der Waals surface area (Å²) in [5, 5.41) is 22.2. The van der Waals surface area contributed by atoms with Crippen LogP contribution in [-0.4, -0.2) is 64.5 Å². The van der Waals surface area contributed by atoms with E-state index in [4.69, 9.17) is 19.4 Å². The van der Waals surface area contributed by atoms with Crippen LogP contribution in [0.4, 0.5) is 5.95 Å². The molecule has 1 aliphatic heterocycles. The number of ether oxygens (including phenoxy) is 1. The van der Waals surface area contributed by atoms with Gasteiger partial charge < -0.3 is 39.5 Å². The largest absolute Gasteiger partial charge is 0.506 e. The van der Waals surface area contributed by atoms with Crippen molar-refractivity contribution in [2.45, 2.75) is 19.1 Å². The van der Waals surface area contributed by atoms with E-state index in [0.29, 0.717) is 0 Å². The van der Waals surface area contributed by atoms with Gasteiger partial charge in [-0.1, -0.05) is 0 Å². The van der Waals surface area contributed by atoms with E-state index < -0.39 is 70.8 Å². The molecule has 2 heterocycles. The Hall–Kier alpha value is -1.94. The van der Waals surface area contributed by atoms with Crippen LogP contribution < -0.4 is 10.9 Å². The summed E-state index contributed by atoms with van der Waals surface area (Å²) in [6.07, 6.45) is -2.58. The minimum Gasteiger partial charge on any atom is -0.506 e. The van der Waals surface area contributed by atoms with Crippen LogP contribution in [0.5, 0.6) is 0 Å². The number of nitrogens with one attached hydrogen (secondary N) is 2. The molecule has 0 fully saturated rings. The lowest BCUT2D eigenvalue weighted by Crippen LogP contribution is -2.28. The van der Waals surface area contributed by atoms with Crippen molar-refractivity contribution in [3.05, 3.63) is 27.9 Å². The number of carbonyl (C=O) groups excluding carboxylic acids is 1. The maximum absolute atomic E-state index is 12.1. The topological polar surface area (TPSA) is 284 Å². The van der Waals surface area contributed by atoms with Crippen LogP contribution in [0.2, 0.25) is 0 Å². The highest BCUT2D eigenvalue weighted by molar-refractivity contribution is 7.66. The standard InChI is InChI=1S/C11H16N3O15P3/c1-4(15)13-11-12-2-5(10(18)14-11)9-8(17)7(16)6(27-9)3-26-31(22,23)29-32(24,25)28-30(19,20)21/h2,6-7,16-17H,3H2,1H3,(H,22,23)(H,24,25)(H2,19,20,21)(H2,12,13,14,15,18). The second-order valence-electron chi connectivity index (χ2n) is 5.85. The van der Waals surface area contributed by atoms with Gasteiger partial charge in [-0.25, -0.2) is 13.7 Å². The van der Waals surface area contributed by atoms with Crippen molar-refractivity contribution < 1.29 is 66.2 Å². The molecule has 18 nitrogen and oxygen atoms in total. The fourth-order valence-electron chi connectivity index (χ4n) is 2.17. The highest BCUT2D eigenvalue weighted by Gasteiger charge is 2.43. The van der Waals surface area contributed by atoms with Crippen LogP contribution in [0.1, 0.15) is 12.5 Å². The summed E-state index contributed by atoms with van der Waals surface area (Å²) in [6, 6.07) is 0. The first kappa shape index (κ1) is 26.3. The average molecular weight is 523 g/mol. The van der Waals surface area contributed by atoms with Crippen molar-refractivity contribution in [3.8, 4) is 0 Å². The van der Waals surface area contributed by atoms with Gasteiger partial charge in [0.15, 0.2) is 23.7 Å². The normalized spacial score (nSPS) is 22.7. The van der Waals surface area contributed by atoms with Gasteiger partial charge in [0.25, 0.3) is 5.56 Å². The average Bonchev–Trinajstić information content (AvgIpc) is 2.85. The Balaban J connectivity index is 2.09. The van der Waals surface area contributed by atoms with Crippen molar-refractivity contribution >= 4 is 41.1 Å². The number of hydrogen-bond acceptors (Lipinski definition) is 12. The van der Waals surface area contributed by atoms with E-state index in [1.807, 2.05) is 0 Å². The molecule has 0 radical (unpaired) electrons. The second-order valence-corrected chi connectivity index (χ2v) is 10.3. The van der Waals surface area contributed by atoms with E-state index in [1.54, 1.807) is 0 Å². The predicted molar refractivity (Wildman–Crippen MR) is 99.4 cm³/mol. The number of H-pyrrole nitrogens is 1. The number of hydrogen-bond donors (Lipinski definition) is 8. The Morgan fingerprint density at radius 3 is 2.38 bits per heavy atom. The van der Waals surface area contributed by atoms with Crippen LogP contribution in [-0.2, 0) is 36.4 Å². The van der Waals surface area contributed by atoms with Crippen molar-refractivity contribution in [3.63, 3.8) is 0 Å². The molecule has 0 aliphatic carbocycles. The summed E-state index contributed by atoms with van der Waals surface area (Å²) in [4.78, 5) is 64.4. The first-order valence-electron chi connectivity index (χ1n) is 7.93. The Bertz CT molecular complexity index is 1130. The molecule has 1 aromatic heterocycles. The van der Waals surface area contributed by atoms with Gasteiger partial charge in [0.05, 0.1) is 6.61 Å². The number of anilines is 1. The number of rotatable bonds is 9. The quantitative estimate of drug-likeness (QED) is 0.181. The smallest absolute Gasteiger partial charge is 0.490 e. The predicted octanol–water partition coefficient (Wildman–Crippen LogP) is -0.942. The fourth-order valence-corrected chi connectivity index (χ4v) is 5.20. The van der Waals surface area contributed by atoms with Gasteiger partial charge in [0.1, 0.15) is 5.56 Å². The molecule has 0 aromatic carbocycles. The van der Waals surface area contributed by atoms with E-state index in [0.717, 1.165) is 13.1 Å². The van der Waals surface area contributed by atoms with Crippen LogP contribution >= 0.6 is 23.5 Å². The highest BCUT2D eigenvalue weighted by Crippen LogP contribution is 2.66. The first-order chi connectivity index (χ1) is 14.5. The number of phosphoric acid groups is 3. The molecule has 0 saturated heterocycles. The minimum atomic E-state index is -5.75. The molecule has 1 amide bonds. The Morgan fingerprint density at radius 1 is 1.22 bits per heavy atom. The van der Waals surface area contributed by atoms with Crippen LogP contribution in [0.25, 0.3) is 5.76 Å². The SMILES string of the molecule is CC(=O)Nc1nc(=O)c(C2=C(O)C(O)C(COP(=O)(O)OP(=O)(O)OP(=O)(O)O)O2)c[nH]1. The van der Waals surface area contributed by atoms with Gasteiger partial charge in [-0.05, 0) is 0 Å². The number of carbonyl (C=O) groups is 1. The van der Waals surface area contributed by atoms with E-state index >= 15 is 0 Å². The van der Waals surface area contributed by atoms with Crippen LogP contribution in [0.15, 0.2) is 16.8 Å². The molecule has 21 heteroatoms. The number of phosphoric ester groups is 1. The zero-order valence-electron chi connectivity index (χ0n) is 15.6. The molecule has 1 aromatic rings. The van der Waals surface area contributed by atoms with Crippen molar-refractivity contribution in [1.29, 1.82) is 0 Å². The highest BCUT2D eigenvalue weighted by atomic mass is 31.3. The van der Waals surface area contributed by atoms with Crippen molar-refractivity contribution in [2.24, 2.45) is 0 Å². The van der Waals surface area contributed by atoms with Crippen molar-refractivity contribution in [1.82, 2.24) is 9.97 Å². The maximum Gasteiger partial charge on any atom is 0.490 e. The number of aromatic nitrogens is 2.